The van der Waals surface area contributed by atoms with E-state index in [2.05, 4.69) is 89.2 Å². The lowest BCUT2D eigenvalue weighted by Gasteiger charge is -2.12. The molecule has 0 radical (unpaired) electrons. The summed E-state index contributed by atoms with van der Waals surface area (Å²) in [5, 5.41) is 0. The maximum Gasteiger partial charge on any atom is -0.0154 e. The molecule has 0 amide bonds. The lowest BCUT2D eigenvalue weighted by molar-refractivity contribution is 1.33. The van der Waals surface area contributed by atoms with Crippen LogP contribution in [-0.2, 0) is 0 Å². The van der Waals surface area contributed by atoms with Crippen LogP contribution in [0.1, 0.15) is 27.8 Å². The van der Waals surface area contributed by atoms with Crippen LogP contribution in [0, 0.1) is 34.6 Å². The number of rotatable bonds is 2. The second-order valence-electron chi connectivity index (χ2n) is 6.65. The standard InChI is InChI=1S/C23H24/c1-15-6-10-22(18(4)12-15)21-9-11-23(19(5)14-21)20-8-7-16(2)17(3)13-20/h6-14H,1-5H3. The first-order valence-corrected chi connectivity index (χ1v) is 8.21. The normalized spacial score (nSPS) is 10.8. The highest BCUT2D eigenvalue weighted by Crippen LogP contribution is 2.31. The topological polar surface area (TPSA) is 0 Å². The van der Waals surface area contributed by atoms with Gasteiger partial charge in [0.15, 0.2) is 0 Å². The van der Waals surface area contributed by atoms with Crippen molar-refractivity contribution in [2.75, 3.05) is 0 Å². The summed E-state index contributed by atoms with van der Waals surface area (Å²) in [6.07, 6.45) is 0. The van der Waals surface area contributed by atoms with E-state index in [9.17, 15) is 0 Å². The number of aryl methyl sites for hydroxylation is 5. The molecular formula is C23H24. The average molecular weight is 300 g/mol. The molecule has 23 heavy (non-hydrogen) atoms. The van der Waals surface area contributed by atoms with Gasteiger partial charge in [-0.1, -0.05) is 60.2 Å². The number of hydrogen-bond donors (Lipinski definition) is 0. The molecule has 0 saturated heterocycles. The van der Waals surface area contributed by atoms with Crippen molar-refractivity contribution in [1.29, 1.82) is 0 Å². The van der Waals surface area contributed by atoms with E-state index >= 15 is 0 Å². The molecule has 0 atom stereocenters. The van der Waals surface area contributed by atoms with Gasteiger partial charge in [0.2, 0.25) is 0 Å². The Morgan fingerprint density at radius 1 is 0.435 bits per heavy atom. The molecule has 0 bridgehead atoms. The lowest BCUT2D eigenvalue weighted by Crippen LogP contribution is -1.89. The van der Waals surface area contributed by atoms with Crippen molar-refractivity contribution in [2.45, 2.75) is 34.6 Å². The molecular weight excluding hydrogens is 276 g/mol. The van der Waals surface area contributed by atoms with Gasteiger partial charge in [0.05, 0.1) is 0 Å². The molecule has 0 aromatic heterocycles. The number of hydrogen-bond acceptors (Lipinski definition) is 0. The summed E-state index contributed by atoms with van der Waals surface area (Å²) in [4.78, 5) is 0. The van der Waals surface area contributed by atoms with Gasteiger partial charge in [-0.15, -0.1) is 0 Å². The minimum absolute atomic E-state index is 1.30. The van der Waals surface area contributed by atoms with Gasteiger partial charge >= 0.3 is 0 Å². The molecule has 0 aliphatic heterocycles. The van der Waals surface area contributed by atoms with Crippen LogP contribution < -0.4 is 0 Å². The molecule has 0 saturated carbocycles. The quantitative estimate of drug-likeness (QED) is 0.502. The van der Waals surface area contributed by atoms with E-state index in [0.29, 0.717) is 0 Å². The van der Waals surface area contributed by atoms with E-state index in [4.69, 9.17) is 0 Å². The summed E-state index contributed by atoms with van der Waals surface area (Å²) in [5.74, 6) is 0. The summed E-state index contributed by atoms with van der Waals surface area (Å²) >= 11 is 0. The van der Waals surface area contributed by atoms with Crippen molar-refractivity contribution in [2.24, 2.45) is 0 Å². The van der Waals surface area contributed by atoms with Crippen LogP contribution in [0.2, 0.25) is 0 Å². The van der Waals surface area contributed by atoms with Crippen molar-refractivity contribution in [3.05, 3.63) is 82.4 Å². The molecule has 3 rings (SSSR count). The van der Waals surface area contributed by atoms with E-state index in [1.54, 1.807) is 0 Å². The van der Waals surface area contributed by atoms with Crippen molar-refractivity contribution in [3.8, 4) is 22.3 Å². The first-order valence-electron chi connectivity index (χ1n) is 8.21. The van der Waals surface area contributed by atoms with E-state index in [1.165, 1.54) is 50.1 Å². The first kappa shape index (κ1) is 15.6. The molecule has 0 aliphatic rings. The maximum atomic E-state index is 2.31. The van der Waals surface area contributed by atoms with Crippen molar-refractivity contribution in [3.63, 3.8) is 0 Å². The second-order valence-corrected chi connectivity index (χ2v) is 6.65. The minimum Gasteiger partial charge on any atom is -0.0587 e. The molecule has 0 heterocycles. The van der Waals surface area contributed by atoms with E-state index in [0.717, 1.165) is 0 Å². The van der Waals surface area contributed by atoms with Gasteiger partial charge in [0, 0.05) is 0 Å². The molecule has 0 aliphatic carbocycles. The highest BCUT2D eigenvalue weighted by Gasteiger charge is 2.07. The number of benzene rings is 3. The fourth-order valence-corrected chi connectivity index (χ4v) is 3.20. The Bertz CT molecular complexity index is 869. The molecule has 0 fully saturated rings. The Labute approximate surface area is 139 Å². The molecule has 3 aromatic carbocycles. The third kappa shape index (κ3) is 3.07. The second kappa shape index (κ2) is 6.04. The molecule has 116 valence electrons. The van der Waals surface area contributed by atoms with Gasteiger partial charge in [-0.2, -0.15) is 0 Å². The van der Waals surface area contributed by atoms with Crippen LogP contribution in [0.3, 0.4) is 0 Å². The third-order valence-electron chi connectivity index (χ3n) is 4.74. The summed E-state index contributed by atoms with van der Waals surface area (Å²) in [7, 11) is 0. The van der Waals surface area contributed by atoms with Crippen LogP contribution >= 0.6 is 0 Å². The van der Waals surface area contributed by atoms with Gasteiger partial charge < -0.3 is 0 Å². The van der Waals surface area contributed by atoms with E-state index < -0.39 is 0 Å². The zero-order chi connectivity index (χ0) is 16.6. The van der Waals surface area contributed by atoms with Gasteiger partial charge in [-0.3, -0.25) is 0 Å². The van der Waals surface area contributed by atoms with E-state index in [-0.39, 0.29) is 0 Å². The van der Waals surface area contributed by atoms with Crippen molar-refractivity contribution >= 4 is 0 Å². The summed E-state index contributed by atoms with van der Waals surface area (Å²) in [6, 6.07) is 20.2. The predicted molar refractivity (Wildman–Crippen MR) is 101 cm³/mol. The first-order chi connectivity index (χ1) is 11.0. The van der Waals surface area contributed by atoms with E-state index in [1.807, 2.05) is 0 Å². The zero-order valence-corrected chi connectivity index (χ0v) is 14.7. The average Bonchev–Trinajstić information content (AvgIpc) is 2.50. The van der Waals surface area contributed by atoms with Crippen LogP contribution in [-0.4, -0.2) is 0 Å². The fraction of sp³-hybridized carbons (Fsp3) is 0.217. The minimum atomic E-state index is 1.30. The molecule has 0 spiro atoms. The molecule has 3 aromatic rings. The summed E-state index contributed by atoms with van der Waals surface area (Å²) in [5.41, 5.74) is 11.9. The van der Waals surface area contributed by atoms with Crippen LogP contribution in [0.15, 0.2) is 54.6 Å². The van der Waals surface area contributed by atoms with Crippen LogP contribution in [0.25, 0.3) is 22.3 Å². The molecule has 0 heteroatoms. The zero-order valence-electron chi connectivity index (χ0n) is 14.7. The van der Waals surface area contributed by atoms with Gasteiger partial charge in [-0.05, 0) is 79.1 Å². The Hall–Kier alpha value is -2.34. The molecule has 0 N–H and O–H groups in total. The van der Waals surface area contributed by atoms with Crippen LogP contribution in [0.4, 0.5) is 0 Å². The Morgan fingerprint density at radius 3 is 1.52 bits per heavy atom. The Morgan fingerprint density at radius 2 is 0.957 bits per heavy atom. The van der Waals surface area contributed by atoms with Gasteiger partial charge in [-0.25, -0.2) is 0 Å². The fourth-order valence-electron chi connectivity index (χ4n) is 3.20. The predicted octanol–water partition coefficient (Wildman–Crippen LogP) is 6.56. The Kier molecular flexibility index (Phi) is 4.09. The Balaban J connectivity index is 2.05. The highest BCUT2D eigenvalue weighted by molar-refractivity contribution is 5.75. The maximum absolute atomic E-state index is 2.31. The van der Waals surface area contributed by atoms with Crippen molar-refractivity contribution in [1.82, 2.24) is 0 Å². The van der Waals surface area contributed by atoms with Crippen molar-refractivity contribution < 1.29 is 0 Å². The highest BCUT2D eigenvalue weighted by atomic mass is 14.1. The molecule has 0 unspecified atom stereocenters. The van der Waals surface area contributed by atoms with Crippen LogP contribution in [0.5, 0.6) is 0 Å². The SMILES string of the molecule is Cc1ccc(-c2ccc(-c3ccc(C)c(C)c3)c(C)c2)c(C)c1. The van der Waals surface area contributed by atoms with Gasteiger partial charge in [0.1, 0.15) is 0 Å². The smallest absolute Gasteiger partial charge is 0.0154 e. The molecule has 0 nitrogen and oxygen atoms in total. The summed E-state index contributed by atoms with van der Waals surface area (Å²) in [6.45, 7) is 10.9. The summed E-state index contributed by atoms with van der Waals surface area (Å²) < 4.78 is 0. The monoisotopic (exact) mass is 300 g/mol. The van der Waals surface area contributed by atoms with Gasteiger partial charge in [0.25, 0.3) is 0 Å². The largest absolute Gasteiger partial charge is 0.0587 e. The third-order valence-corrected chi connectivity index (χ3v) is 4.74. The lowest BCUT2D eigenvalue weighted by atomic mass is 9.92.